The Morgan fingerprint density at radius 3 is 3.05 bits per heavy atom. The van der Waals surface area contributed by atoms with Crippen LogP contribution in [-0.4, -0.2) is 37.9 Å². The third kappa shape index (κ3) is 3.22. The van der Waals surface area contributed by atoms with Gasteiger partial charge in [0.1, 0.15) is 11.9 Å². The van der Waals surface area contributed by atoms with Gasteiger partial charge in [-0.15, -0.1) is 0 Å². The van der Waals surface area contributed by atoms with Crippen LogP contribution >= 0.6 is 0 Å². The number of nitrogens with two attached hydrogens (primary N) is 1. The van der Waals surface area contributed by atoms with E-state index in [0.29, 0.717) is 19.0 Å². The van der Waals surface area contributed by atoms with Gasteiger partial charge in [0.25, 0.3) is 0 Å². The summed E-state index contributed by atoms with van der Waals surface area (Å²) in [5.74, 6) is 1.45. The van der Waals surface area contributed by atoms with Crippen molar-refractivity contribution in [3.63, 3.8) is 0 Å². The summed E-state index contributed by atoms with van der Waals surface area (Å²) in [6.07, 6.45) is 3.49. The molecule has 0 saturated carbocycles. The lowest BCUT2D eigenvalue weighted by Gasteiger charge is -2.13. The van der Waals surface area contributed by atoms with E-state index in [1.165, 1.54) is 5.56 Å². The Bertz CT molecular complexity index is 459. The Morgan fingerprint density at radius 2 is 2.25 bits per heavy atom. The number of hydrogen-bond donors (Lipinski definition) is 2. The molecule has 20 heavy (non-hydrogen) atoms. The van der Waals surface area contributed by atoms with Crippen molar-refractivity contribution in [1.82, 2.24) is 5.32 Å². The minimum Gasteiger partial charge on any atom is -0.488 e. The first-order chi connectivity index (χ1) is 9.81. The fraction of sp³-hybridized carbons (Fsp3) is 0.533. The van der Waals surface area contributed by atoms with Gasteiger partial charge in [0, 0.05) is 13.0 Å². The van der Waals surface area contributed by atoms with Crippen molar-refractivity contribution in [2.75, 3.05) is 19.7 Å². The number of aliphatic imine (C=N–C) groups is 1. The second kappa shape index (κ2) is 6.13. The molecule has 0 amide bonds. The quantitative estimate of drug-likeness (QED) is 0.637. The summed E-state index contributed by atoms with van der Waals surface area (Å²) in [6, 6.07) is 8.13. The Balaban J connectivity index is 1.42. The molecule has 3 N–H and O–H groups in total. The summed E-state index contributed by atoms with van der Waals surface area (Å²) >= 11 is 0. The molecule has 2 heterocycles. The molecule has 2 aliphatic rings. The summed E-state index contributed by atoms with van der Waals surface area (Å²) in [4.78, 5) is 4.32. The molecule has 2 atom stereocenters. The molecule has 0 spiro atoms. The molecule has 108 valence electrons. The van der Waals surface area contributed by atoms with E-state index in [1.54, 1.807) is 0 Å². The van der Waals surface area contributed by atoms with Gasteiger partial charge < -0.3 is 20.5 Å². The Labute approximate surface area is 119 Å². The van der Waals surface area contributed by atoms with E-state index in [0.717, 1.165) is 31.6 Å². The fourth-order valence-corrected chi connectivity index (χ4v) is 2.63. The maximum absolute atomic E-state index is 5.86. The van der Waals surface area contributed by atoms with Gasteiger partial charge in [-0.05, 0) is 24.5 Å². The predicted molar refractivity (Wildman–Crippen MR) is 78.0 cm³/mol. The Morgan fingerprint density at radius 1 is 1.35 bits per heavy atom. The average molecular weight is 275 g/mol. The molecule has 2 aliphatic heterocycles. The van der Waals surface area contributed by atoms with Gasteiger partial charge in [0.2, 0.25) is 0 Å². The van der Waals surface area contributed by atoms with Gasteiger partial charge in [-0.1, -0.05) is 18.2 Å². The summed E-state index contributed by atoms with van der Waals surface area (Å²) in [5.41, 5.74) is 7.12. The summed E-state index contributed by atoms with van der Waals surface area (Å²) in [5, 5.41) is 3.13. The van der Waals surface area contributed by atoms with Crippen LogP contribution in [0.15, 0.2) is 29.3 Å². The summed E-state index contributed by atoms with van der Waals surface area (Å²) < 4.78 is 11.3. The molecule has 1 fully saturated rings. The normalized spacial score (nSPS) is 25.3. The van der Waals surface area contributed by atoms with Crippen molar-refractivity contribution in [3.05, 3.63) is 29.8 Å². The van der Waals surface area contributed by atoms with Crippen LogP contribution in [0.4, 0.5) is 0 Å². The zero-order valence-corrected chi connectivity index (χ0v) is 11.5. The van der Waals surface area contributed by atoms with Gasteiger partial charge in [0.05, 0.1) is 19.2 Å². The highest BCUT2D eigenvalue weighted by Crippen LogP contribution is 2.27. The van der Waals surface area contributed by atoms with Gasteiger partial charge >= 0.3 is 0 Å². The van der Waals surface area contributed by atoms with Crippen molar-refractivity contribution < 1.29 is 9.47 Å². The fourth-order valence-electron chi connectivity index (χ4n) is 2.63. The summed E-state index contributed by atoms with van der Waals surface area (Å²) in [7, 11) is 0. The van der Waals surface area contributed by atoms with Crippen LogP contribution in [-0.2, 0) is 11.2 Å². The number of hydrogen-bond acceptors (Lipinski definition) is 3. The molecule has 3 rings (SSSR count). The molecular weight excluding hydrogens is 254 g/mol. The van der Waals surface area contributed by atoms with E-state index in [-0.39, 0.29) is 12.2 Å². The van der Waals surface area contributed by atoms with Gasteiger partial charge in [-0.2, -0.15) is 0 Å². The highest BCUT2D eigenvalue weighted by molar-refractivity contribution is 5.77. The van der Waals surface area contributed by atoms with E-state index in [1.807, 2.05) is 18.2 Å². The SMILES string of the molecule is NC(=NCC1CCCO1)NCC1Cc2ccccc2O1. The maximum Gasteiger partial charge on any atom is 0.188 e. The number of nitrogens with one attached hydrogen (secondary N) is 1. The number of ether oxygens (including phenoxy) is 2. The number of benzene rings is 1. The van der Waals surface area contributed by atoms with Crippen LogP contribution < -0.4 is 15.8 Å². The Hall–Kier alpha value is -1.75. The van der Waals surface area contributed by atoms with Crippen molar-refractivity contribution in [1.29, 1.82) is 0 Å². The van der Waals surface area contributed by atoms with Crippen LogP contribution in [0.25, 0.3) is 0 Å². The largest absolute Gasteiger partial charge is 0.488 e. The van der Waals surface area contributed by atoms with Crippen LogP contribution in [0.3, 0.4) is 0 Å². The van der Waals surface area contributed by atoms with Gasteiger partial charge in [-0.3, -0.25) is 4.99 Å². The van der Waals surface area contributed by atoms with Gasteiger partial charge in [-0.25, -0.2) is 0 Å². The smallest absolute Gasteiger partial charge is 0.188 e. The Kier molecular flexibility index (Phi) is 4.06. The first kappa shape index (κ1) is 13.2. The lowest BCUT2D eigenvalue weighted by molar-refractivity contribution is 0.117. The first-order valence-electron chi connectivity index (χ1n) is 7.21. The minimum atomic E-state index is 0.129. The number of para-hydroxylation sites is 1. The average Bonchev–Trinajstić information content (AvgIpc) is 3.11. The molecule has 0 bridgehead atoms. The molecule has 5 heteroatoms. The zero-order valence-electron chi connectivity index (χ0n) is 11.5. The molecule has 1 aromatic carbocycles. The number of fused-ring (bicyclic) bond motifs is 1. The summed E-state index contributed by atoms with van der Waals surface area (Å²) in [6.45, 7) is 2.17. The lowest BCUT2D eigenvalue weighted by atomic mass is 10.1. The van der Waals surface area contributed by atoms with Crippen LogP contribution in [0.2, 0.25) is 0 Å². The highest BCUT2D eigenvalue weighted by Gasteiger charge is 2.22. The molecular formula is C15H21N3O2. The second-order valence-corrected chi connectivity index (χ2v) is 5.29. The number of nitrogens with zero attached hydrogens (tertiary/aromatic N) is 1. The van der Waals surface area contributed by atoms with Crippen molar-refractivity contribution in [2.24, 2.45) is 10.7 Å². The van der Waals surface area contributed by atoms with Crippen molar-refractivity contribution >= 4 is 5.96 Å². The number of guanidine groups is 1. The topological polar surface area (TPSA) is 68.9 Å². The molecule has 0 aliphatic carbocycles. The van der Waals surface area contributed by atoms with Crippen LogP contribution in [0.5, 0.6) is 5.75 Å². The van der Waals surface area contributed by atoms with Crippen molar-refractivity contribution in [2.45, 2.75) is 31.5 Å². The molecule has 0 aromatic heterocycles. The zero-order chi connectivity index (χ0) is 13.8. The van der Waals surface area contributed by atoms with E-state index < -0.39 is 0 Å². The van der Waals surface area contributed by atoms with E-state index in [4.69, 9.17) is 15.2 Å². The third-order valence-corrected chi connectivity index (χ3v) is 3.71. The van der Waals surface area contributed by atoms with E-state index in [9.17, 15) is 0 Å². The van der Waals surface area contributed by atoms with E-state index >= 15 is 0 Å². The minimum absolute atomic E-state index is 0.129. The lowest BCUT2D eigenvalue weighted by Crippen LogP contribution is -2.39. The molecule has 1 aromatic rings. The molecule has 1 saturated heterocycles. The highest BCUT2D eigenvalue weighted by atomic mass is 16.5. The monoisotopic (exact) mass is 275 g/mol. The van der Waals surface area contributed by atoms with Gasteiger partial charge in [0.15, 0.2) is 5.96 Å². The van der Waals surface area contributed by atoms with Crippen LogP contribution in [0.1, 0.15) is 18.4 Å². The van der Waals surface area contributed by atoms with Crippen molar-refractivity contribution in [3.8, 4) is 5.75 Å². The molecule has 0 radical (unpaired) electrons. The number of rotatable bonds is 4. The standard InChI is InChI=1S/C15H21N3O2/c16-15(17-9-12-5-3-7-19-12)18-10-13-8-11-4-1-2-6-14(11)20-13/h1-2,4,6,12-13H,3,5,7-10H2,(H3,16,17,18). The molecule has 2 unspecified atom stereocenters. The van der Waals surface area contributed by atoms with Crippen LogP contribution in [0, 0.1) is 0 Å². The van der Waals surface area contributed by atoms with E-state index in [2.05, 4.69) is 16.4 Å². The third-order valence-electron chi connectivity index (χ3n) is 3.71. The molecule has 5 nitrogen and oxygen atoms in total. The second-order valence-electron chi connectivity index (χ2n) is 5.29. The maximum atomic E-state index is 5.86. The first-order valence-corrected chi connectivity index (χ1v) is 7.21. The predicted octanol–water partition coefficient (Wildman–Crippen LogP) is 1.07.